The van der Waals surface area contributed by atoms with E-state index >= 15 is 0 Å². The van der Waals surface area contributed by atoms with Gasteiger partial charge in [0.05, 0.1) is 0 Å². The van der Waals surface area contributed by atoms with Crippen LogP contribution in [0.4, 0.5) is 4.79 Å². The van der Waals surface area contributed by atoms with Gasteiger partial charge in [-0.05, 0) is 11.1 Å². The van der Waals surface area contributed by atoms with E-state index in [1.54, 1.807) is 0 Å². The van der Waals surface area contributed by atoms with Crippen molar-refractivity contribution in [2.45, 2.75) is 11.5 Å². The fourth-order valence-corrected chi connectivity index (χ4v) is 2.39. The van der Waals surface area contributed by atoms with E-state index in [0.717, 1.165) is 11.5 Å². The number of hydrogen-bond acceptors (Lipinski definition) is 2. The average Bonchev–Trinajstić information content (AvgIpc) is 2.41. The maximum atomic E-state index is 8.78. The number of nitrogens with two attached hydrogens (primary N) is 1. The van der Waals surface area contributed by atoms with Gasteiger partial charge in [0.15, 0.2) is 0 Å². The Bertz CT molecular complexity index is 431. The van der Waals surface area contributed by atoms with E-state index < -0.39 is 6.09 Å². The summed E-state index contributed by atoms with van der Waals surface area (Å²) in [6, 6.07) is 21.2. The Morgan fingerprint density at radius 2 is 1.21 bits per heavy atom. The molecule has 2 aromatic carbocycles. The molecular weight excluding hydrogens is 258 g/mol. The molecule has 0 aliphatic heterocycles. The second kappa shape index (κ2) is 9.05. The quantitative estimate of drug-likeness (QED) is 0.893. The first kappa shape index (κ1) is 15.1. The Labute approximate surface area is 117 Å². The predicted octanol–water partition coefficient (Wildman–Crippen LogP) is 3.74. The smallest absolute Gasteiger partial charge is 0.402 e. The Hall–Kier alpha value is -1.94. The van der Waals surface area contributed by atoms with Crippen LogP contribution >= 0.6 is 11.8 Å². The van der Waals surface area contributed by atoms with E-state index in [1.165, 1.54) is 11.1 Å². The molecule has 1 amide bonds. The standard InChI is InChI=1S/C14H14S.CH3NO2/c1-3-7-13(8-4-1)11-15-12-14-9-5-2-6-10-14;2-1(3)4/h1-10H,11-12H2;2H2,(H,3,4). The third-order valence-electron chi connectivity index (χ3n) is 2.22. The van der Waals surface area contributed by atoms with E-state index in [0.29, 0.717) is 0 Å². The van der Waals surface area contributed by atoms with Gasteiger partial charge in [0, 0.05) is 11.5 Å². The summed E-state index contributed by atoms with van der Waals surface area (Å²) in [6.07, 6.45) is -1.33. The van der Waals surface area contributed by atoms with E-state index in [1.807, 2.05) is 11.8 Å². The molecule has 0 heterocycles. The summed E-state index contributed by atoms with van der Waals surface area (Å²) in [5.74, 6) is 2.19. The third-order valence-corrected chi connectivity index (χ3v) is 3.30. The molecule has 2 aromatic rings. The van der Waals surface area contributed by atoms with Gasteiger partial charge in [0.25, 0.3) is 0 Å². The summed E-state index contributed by atoms with van der Waals surface area (Å²) in [4.78, 5) is 8.78. The molecule has 0 saturated heterocycles. The van der Waals surface area contributed by atoms with Crippen molar-refractivity contribution in [3.63, 3.8) is 0 Å². The number of primary amides is 1. The number of hydrogen-bond donors (Lipinski definition) is 2. The summed E-state index contributed by atoms with van der Waals surface area (Å²) in [6.45, 7) is 0. The molecule has 0 aliphatic carbocycles. The number of thioether (sulfide) groups is 1. The third kappa shape index (κ3) is 7.89. The van der Waals surface area contributed by atoms with Crippen LogP contribution in [0.1, 0.15) is 11.1 Å². The number of carboxylic acid groups (broad SMARTS) is 1. The minimum atomic E-state index is -1.33. The number of benzene rings is 2. The number of amides is 1. The monoisotopic (exact) mass is 275 g/mol. The molecule has 4 heteroatoms. The molecule has 0 radical (unpaired) electrons. The van der Waals surface area contributed by atoms with Gasteiger partial charge in [0.1, 0.15) is 0 Å². The van der Waals surface area contributed by atoms with Gasteiger partial charge < -0.3 is 10.8 Å². The molecule has 3 N–H and O–H groups in total. The van der Waals surface area contributed by atoms with Gasteiger partial charge in [-0.3, -0.25) is 0 Å². The van der Waals surface area contributed by atoms with Gasteiger partial charge in [-0.15, -0.1) is 0 Å². The maximum Gasteiger partial charge on any atom is 0.402 e. The number of rotatable bonds is 4. The molecule has 100 valence electrons. The highest BCUT2D eigenvalue weighted by Gasteiger charge is 1.93. The minimum absolute atomic E-state index is 1.09. The molecule has 2 rings (SSSR count). The lowest BCUT2D eigenvalue weighted by Gasteiger charge is -2.01. The van der Waals surface area contributed by atoms with Crippen molar-refractivity contribution in [1.82, 2.24) is 0 Å². The van der Waals surface area contributed by atoms with Crippen LogP contribution in [0.15, 0.2) is 60.7 Å². The zero-order valence-corrected chi connectivity index (χ0v) is 11.3. The minimum Gasteiger partial charge on any atom is -0.465 e. The van der Waals surface area contributed by atoms with Crippen LogP contribution in [0.3, 0.4) is 0 Å². The van der Waals surface area contributed by atoms with Gasteiger partial charge in [-0.25, -0.2) is 4.79 Å². The van der Waals surface area contributed by atoms with Crippen molar-refractivity contribution >= 4 is 17.9 Å². The summed E-state index contributed by atoms with van der Waals surface area (Å²) in [7, 11) is 0. The fraction of sp³-hybridized carbons (Fsp3) is 0.133. The lowest BCUT2D eigenvalue weighted by molar-refractivity contribution is 0.205. The van der Waals surface area contributed by atoms with Crippen molar-refractivity contribution in [3.8, 4) is 0 Å². The predicted molar refractivity (Wildman–Crippen MR) is 80.1 cm³/mol. The highest BCUT2D eigenvalue weighted by Crippen LogP contribution is 2.17. The van der Waals surface area contributed by atoms with E-state index in [-0.39, 0.29) is 0 Å². The zero-order chi connectivity index (χ0) is 13.9. The molecule has 0 fully saturated rings. The largest absolute Gasteiger partial charge is 0.465 e. The van der Waals surface area contributed by atoms with Crippen LogP contribution in [0.25, 0.3) is 0 Å². The van der Waals surface area contributed by atoms with Crippen molar-refractivity contribution in [2.24, 2.45) is 5.73 Å². The molecule has 19 heavy (non-hydrogen) atoms. The van der Waals surface area contributed by atoms with Crippen LogP contribution in [0.2, 0.25) is 0 Å². The van der Waals surface area contributed by atoms with E-state index in [4.69, 9.17) is 9.90 Å². The summed E-state index contributed by atoms with van der Waals surface area (Å²) in [5, 5.41) is 7.19. The molecule has 0 unspecified atom stereocenters. The van der Waals surface area contributed by atoms with Crippen molar-refractivity contribution in [3.05, 3.63) is 71.8 Å². The van der Waals surface area contributed by atoms with Gasteiger partial charge in [-0.1, -0.05) is 60.7 Å². The molecule has 0 bridgehead atoms. The normalized spacial score (nSPS) is 9.26. The molecule has 0 aromatic heterocycles. The van der Waals surface area contributed by atoms with Crippen LogP contribution in [-0.2, 0) is 11.5 Å². The highest BCUT2D eigenvalue weighted by molar-refractivity contribution is 7.97. The van der Waals surface area contributed by atoms with Crippen molar-refractivity contribution in [2.75, 3.05) is 0 Å². The molecule has 3 nitrogen and oxygen atoms in total. The van der Waals surface area contributed by atoms with Crippen molar-refractivity contribution in [1.29, 1.82) is 0 Å². The molecule has 0 aliphatic rings. The first-order valence-corrected chi connectivity index (χ1v) is 6.98. The van der Waals surface area contributed by atoms with Crippen LogP contribution in [-0.4, -0.2) is 11.2 Å². The van der Waals surface area contributed by atoms with Crippen molar-refractivity contribution < 1.29 is 9.90 Å². The fourth-order valence-electron chi connectivity index (χ4n) is 1.44. The summed E-state index contributed by atoms with van der Waals surface area (Å²) in [5.41, 5.74) is 6.83. The Kier molecular flexibility index (Phi) is 7.20. The Morgan fingerprint density at radius 1 is 0.895 bits per heavy atom. The SMILES string of the molecule is NC(=O)O.c1ccc(CSCc2ccccc2)cc1. The second-order valence-electron chi connectivity index (χ2n) is 3.80. The Balaban J connectivity index is 0.000000399. The van der Waals surface area contributed by atoms with Crippen LogP contribution < -0.4 is 5.73 Å². The first-order chi connectivity index (χ1) is 9.18. The first-order valence-electron chi connectivity index (χ1n) is 5.82. The zero-order valence-electron chi connectivity index (χ0n) is 10.5. The molecule has 0 atom stereocenters. The molecule has 0 saturated carbocycles. The van der Waals surface area contributed by atoms with Gasteiger partial charge in [-0.2, -0.15) is 11.8 Å². The average molecular weight is 275 g/mol. The van der Waals surface area contributed by atoms with Crippen LogP contribution in [0.5, 0.6) is 0 Å². The topological polar surface area (TPSA) is 63.3 Å². The summed E-state index contributed by atoms with van der Waals surface area (Å²) < 4.78 is 0. The molecular formula is C15H17NO2S. The lowest BCUT2D eigenvalue weighted by Crippen LogP contribution is -2.03. The second-order valence-corrected chi connectivity index (χ2v) is 4.79. The van der Waals surface area contributed by atoms with Gasteiger partial charge in [0.2, 0.25) is 0 Å². The highest BCUT2D eigenvalue weighted by atomic mass is 32.2. The molecule has 0 spiro atoms. The number of carbonyl (C=O) groups is 1. The van der Waals surface area contributed by atoms with Crippen LogP contribution in [0, 0.1) is 0 Å². The lowest BCUT2D eigenvalue weighted by atomic mass is 10.2. The van der Waals surface area contributed by atoms with Gasteiger partial charge >= 0.3 is 6.09 Å². The van der Waals surface area contributed by atoms with E-state index in [2.05, 4.69) is 66.4 Å². The summed E-state index contributed by atoms with van der Waals surface area (Å²) >= 11 is 1.96. The van der Waals surface area contributed by atoms with E-state index in [9.17, 15) is 0 Å². The Morgan fingerprint density at radius 3 is 1.53 bits per heavy atom. The maximum absolute atomic E-state index is 8.78.